The number of nitrogens with one attached hydrogen (secondary N) is 1. The van der Waals surface area contributed by atoms with Gasteiger partial charge >= 0.3 is 12.1 Å². The van der Waals surface area contributed by atoms with Gasteiger partial charge in [-0.25, -0.2) is 0 Å². The number of halogens is 3. The number of fused-ring (bicyclic) bond motifs is 1. The van der Waals surface area contributed by atoms with Crippen LogP contribution in [0.25, 0.3) is 10.9 Å². The molecule has 2 aromatic carbocycles. The molecular formula is C20H18F3N3O5. The van der Waals surface area contributed by atoms with Gasteiger partial charge in [-0.3, -0.25) is 14.9 Å². The quantitative estimate of drug-likeness (QED) is 0.368. The predicted octanol–water partition coefficient (Wildman–Crippen LogP) is 3.02. The third-order valence-corrected chi connectivity index (χ3v) is 4.84. The van der Waals surface area contributed by atoms with Crippen molar-refractivity contribution in [1.29, 1.82) is 0 Å². The second-order valence-corrected chi connectivity index (χ2v) is 6.97. The number of rotatable bonds is 8. The summed E-state index contributed by atoms with van der Waals surface area (Å²) in [6, 6.07) is 12.1. The molecule has 164 valence electrons. The Kier molecular flexibility index (Phi) is 6.00. The van der Waals surface area contributed by atoms with Crippen LogP contribution in [0.3, 0.4) is 0 Å². The number of nitrogens with zero attached hydrogens (tertiary/aromatic N) is 2. The molecule has 31 heavy (non-hydrogen) atoms. The maximum atomic E-state index is 13.9. The average molecular weight is 437 g/mol. The number of aliphatic hydroxyl groups is 1. The Morgan fingerprint density at radius 3 is 2.42 bits per heavy atom. The van der Waals surface area contributed by atoms with Crippen molar-refractivity contribution in [3.63, 3.8) is 0 Å². The van der Waals surface area contributed by atoms with E-state index in [1.807, 2.05) is 0 Å². The predicted molar refractivity (Wildman–Crippen MR) is 105 cm³/mol. The van der Waals surface area contributed by atoms with Gasteiger partial charge in [-0.1, -0.05) is 30.3 Å². The molecule has 0 fully saturated rings. The summed E-state index contributed by atoms with van der Waals surface area (Å²) < 4.78 is 43.2. The summed E-state index contributed by atoms with van der Waals surface area (Å²) in [5.74, 6) is -1.38. The first kappa shape index (κ1) is 22.2. The first-order valence-corrected chi connectivity index (χ1v) is 9.06. The third-order valence-electron chi connectivity index (χ3n) is 4.84. The fourth-order valence-corrected chi connectivity index (χ4v) is 3.33. The number of nitro benzene ring substituents is 1. The third kappa shape index (κ3) is 4.52. The molecule has 8 nitrogen and oxygen atoms in total. The van der Waals surface area contributed by atoms with E-state index in [4.69, 9.17) is 5.11 Å². The SMILES string of the molecule is O=C(O)CNCC(O)(c1cn(Cc2ccccc2)c2cc([N+](=O)[O-])ccc12)C(F)(F)F. The fraction of sp³-hybridized carbons (Fsp3) is 0.250. The second kappa shape index (κ2) is 8.36. The van der Waals surface area contributed by atoms with Gasteiger partial charge in [-0.2, -0.15) is 13.2 Å². The zero-order valence-electron chi connectivity index (χ0n) is 16.0. The van der Waals surface area contributed by atoms with Gasteiger partial charge in [-0.15, -0.1) is 0 Å². The van der Waals surface area contributed by atoms with E-state index in [2.05, 4.69) is 5.32 Å². The van der Waals surface area contributed by atoms with E-state index in [1.54, 1.807) is 30.3 Å². The van der Waals surface area contributed by atoms with Crippen LogP contribution < -0.4 is 5.32 Å². The summed E-state index contributed by atoms with van der Waals surface area (Å²) in [7, 11) is 0. The molecule has 0 aliphatic carbocycles. The molecule has 0 saturated carbocycles. The van der Waals surface area contributed by atoms with Crippen molar-refractivity contribution in [2.45, 2.75) is 18.3 Å². The number of non-ortho nitro benzene ring substituents is 1. The minimum atomic E-state index is -5.15. The van der Waals surface area contributed by atoms with Crippen LogP contribution in [0.15, 0.2) is 54.7 Å². The summed E-state index contributed by atoms with van der Waals surface area (Å²) in [6.45, 7) is -1.79. The molecule has 0 spiro atoms. The highest BCUT2D eigenvalue weighted by Crippen LogP contribution is 2.43. The van der Waals surface area contributed by atoms with Crippen LogP contribution in [0.1, 0.15) is 11.1 Å². The monoisotopic (exact) mass is 437 g/mol. The van der Waals surface area contributed by atoms with Crippen molar-refractivity contribution in [3.8, 4) is 0 Å². The number of nitro groups is 1. The molecule has 3 N–H and O–H groups in total. The van der Waals surface area contributed by atoms with Gasteiger partial charge in [0.1, 0.15) is 0 Å². The van der Waals surface area contributed by atoms with Crippen LogP contribution in [0, 0.1) is 10.1 Å². The van der Waals surface area contributed by atoms with Crippen LogP contribution >= 0.6 is 0 Å². The largest absolute Gasteiger partial charge is 0.480 e. The number of alkyl halides is 3. The molecule has 0 aliphatic rings. The van der Waals surface area contributed by atoms with Gasteiger partial charge in [0.25, 0.3) is 5.69 Å². The molecule has 1 unspecified atom stereocenters. The lowest BCUT2D eigenvalue weighted by molar-refractivity contribution is -0.384. The molecule has 0 radical (unpaired) electrons. The molecule has 1 aromatic heterocycles. The highest BCUT2D eigenvalue weighted by Gasteiger charge is 2.56. The molecule has 0 saturated heterocycles. The molecule has 0 bridgehead atoms. The summed E-state index contributed by atoms with van der Waals surface area (Å²) in [4.78, 5) is 21.2. The van der Waals surface area contributed by atoms with Crippen LogP contribution in [0.4, 0.5) is 18.9 Å². The normalized spacial score (nSPS) is 13.8. The Morgan fingerprint density at radius 1 is 1.16 bits per heavy atom. The molecule has 3 aromatic rings. The van der Waals surface area contributed by atoms with Crippen molar-refractivity contribution >= 4 is 22.6 Å². The zero-order chi connectivity index (χ0) is 22.8. The lowest BCUT2D eigenvalue weighted by Gasteiger charge is -2.30. The summed E-state index contributed by atoms with van der Waals surface area (Å²) >= 11 is 0. The topological polar surface area (TPSA) is 118 Å². The van der Waals surface area contributed by atoms with Crippen LogP contribution in [-0.4, -0.2) is 44.9 Å². The summed E-state index contributed by atoms with van der Waals surface area (Å²) in [6.07, 6.45) is -4.05. The zero-order valence-corrected chi connectivity index (χ0v) is 16.0. The van der Waals surface area contributed by atoms with Crippen LogP contribution in [0.2, 0.25) is 0 Å². The maximum Gasteiger partial charge on any atom is 0.422 e. The standard InChI is InChI=1S/C20H18F3N3O5/c21-20(22,23)19(29,12-24-9-18(27)28)16-11-25(10-13-4-2-1-3-5-13)17-8-14(26(30)31)6-7-15(16)17/h1-8,11,24,29H,9-10,12H2,(H,27,28). The number of hydrogen-bond acceptors (Lipinski definition) is 5. The summed E-state index contributed by atoms with van der Waals surface area (Å²) in [5.41, 5.74) is -3.39. The van der Waals surface area contributed by atoms with Crippen molar-refractivity contribution in [1.82, 2.24) is 9.88 Å². The van der Waals surface area contributed by atoms with Crippen molar-refractivity contribution < 1.29 is 33.1 Å². The van der Waals surface area contributed by atoms with E-state index in [0.29, 0.717) is 0 Å². The average Bonchev–Trinajstić information content (AvgIpc) is 3.05. The first-order valence-electron chi connectivity index (χ1n) is 9.06. The van der Waals surface area contributed by atoms with Gasteiger partial charge in [0, 0.05) is 42.4 Å². The van der Waals surface area contributed by atoms with Gasteiger partial charge in [0.15, 0.2) is 5.60 Å². The molecule has 0 aliphatic heterocycles. The molecule has 0 amide bonds. The molecular weight excluding hydrogens is 419 g/mol. The smallest absolute Gasteiger partial charge is 0.422 e. The second-order valence-electron chi connectivity index (χ2n) is 6.97. The van der Waals surface area contributed by atoms with E-state index < -0.39 is 41.3 Å². The van der Waals surface area contributed by atoms with Gasteiger partial charge in [0.2, 0.25) is 0 Å². The number of hydrogen-bond donors (Lipinski definition) is 3. The van der Waals surface area contributed by atoms with Crippen molar-refractivity contribution in [2.75, 3.05) is 13.1 Å². The Hall–Kier alpha value is -3.44. The summed E-state index contributed by atoms with van der Waals surface area (Å²) in [5, 5.41) is 32.6. The maximum absolute atomic E-state index is 13.9. The lowest BCUT2D eigenvalue weighted by Crippen LogP contribution is -2.50. The minimum Gasteiger partial charge on any atom is -0.480 e. The van der Waals surface area contributed by atoms with E-state index >= 15 is 0 Å². The number of aliphatic carboxylic acids is 1. The van der Waals surface area contributed by atoms with Gasteiger partial charge in [0.05, 0.1) is 17.0 Å². The highest BCUT2D eigenvalue weighted by atomic mass is 19.4. The number of carboxylic acids is 1. The number of carbonyl (C=O) groups is 1. The number of aromatic nitrogens is 1. The molecule has 3 rings (SSSR count). The fourth-order valence-electron chi connectivity index (χ4n) is 3.33. The van der Waals surface area contributed by atoms with Crippen molar-refractivity contribution in [2.24, 2.45) is 0 Å². The Balaban J connectivity index is 2.17. The highest BCUT2D eigenvalue weighted by molar-refractivity contribution is 5.87. The molecule has 11 heteroatoms. The van der Waals surface area contributed by atoms with E-state index in [1.165, 1.54) is 4.57 Å². The Labute approximate surface area is 173 Å². The van der Waals surface area contributed by atoms with Crippen LogP contribution in [0.5, 0.6) is 0 Å². The molecule has 1 heterocycles. The van der Waals surface area contributed by atoms with E-state index in [-0.39, 0.29) is 23.1 Å². The van der Waals surface area contributed by atoms with Crippen LogP contribution in [-0.2, 0) is 16.9 Å². The van der Waals surface area contributed by atoms with E-state index in [9.17, 15) is 33.2 Å². The van der Waals surface area contributed by atoms with Gasteiger partial charge < -0.3 is 20.1 Å². The Bertz CT molecular complexity index is 1110. The minimum absolute atomic E-state index is 0.0292. The molecule has 1 atom stereocenters. The number of benzene rings is 2. The Morgan fingerprint density at radius 2 is 1.84 bits per heavy atom. The van der Waals surface area contributed by atoms with Crippen molar-refractivity contribution in [3.05, 3.63) is 76.0 Å². The number of carboxylic acid groups (broad SMARTS) is 1. The van der Waals surface area contributed by atoms with Gasteiger partial charge in [-0.05, 0) is 11.6 Å². The van der Waals surface area contributed by atoms with E-state index in [0.717, 1.165) is 30.0 Å². The first-order chi connectivity index (χ1) is 14.5. The lowest BCUT2D eigenvalue weighted by atomic mass is 9.92.